The van der Waals surface area contributed by atoms with E-state index in [2.05, 4.69) is 0 Å². The molecular weight excluding hydrogens is 332 g/mol. The first-order valence-electron chi connectivity index (χ1n) is 8.73. The van der Waals surface area contributed by atoms with E-state index in [9.17, 15) is 18.0 Å². The molecule has 0 aromatic heterocycles. The van der Waals surface area contributed by atoms with Crippen LogP contribution in [-0.4, -0.2) is 66.5 Å². The van der Waals surface area contributed by atoms with Gasteiger partial charge in [-0.15, -0.1) is 0 Å². The first-order chi connectivity index (χ1) is 11.3. The molecule has 1 amide bonds. The second-order valence-electron chi connectivity index (χ2n) is 6.87. The predicted molar refractivity (Wildman–Crippen MR) is 89.9 cm³/mol. The summed E-state index contributed by atoms with van der Waals surface area (Å²) in [5, 5.41) is 9.16. The summed E-state index contributed by atoms with van der Waals surface area (Å²) in [5.74, 6) is -1.29. The fraction of sp³-hybridized carbons (Fsp3) is 0.875. The minimum atomic E-state index is -3.21. The Labute approximate surface area is 144 Å². The lowest BCUT2D eigenvalue weighted by atomic mass is 9.80. The number of aliphatic carboxylic acids is 1. The van der Waals surface area contributed by atoms with Gasteiger partial charge in [-0.05, 0) is 39.0 Å². The summed E-state index contributed by atoms with van der Waals surface area (Å²) in [7, 11) is -1.60. The van der Waals surface area contributed by atoms with E-state index in [1.807, 2.05) is 0 Å². The van der Waals surface area contributed by atoms with Crippen LogP contribution in [0.1, 0.15) is 45.4 Å². The van der Waals surface area contributed by atoms with E-state index in [0.29, 0.717) is 38.8 Å². The first-order valence-corrected chi connectivity index (χ1v) is 10.3. The molecule has 0 spiro atoms. The normalized spacial score (nSPS) is 26.5. The van der Waals surface area contributed by atoms with Gasteiger partial charge in [0.25, 0.3) is 0 Å². The van der Waals surface area contributed by atoms with Gasteiger partial charge >= 0.3 is 5.97 Å². The number of carboxylic acid groups (broad SMARTS) is 1. The number of carbonyl (C=O) groups is 2. The molecule has 1 N–H and O–H groups in total. The van der Waals surface area contributed by atoms with Crippen LogP contribution in [0.3, 0.4) is 0 Å². The van der Waals surface area contributed by atoms with Gasteiger partial charge in [-0.25, -0.2) is 12.7 Å². The molecule has 1 saturated heterocycles. The van der Waals surface area contributed by atoms with E-state index in [4.69, 9.17) is 5.11 Å². The van der Waals surface area contributed by atoms with Crippen molar-refractivity contribution in [3.05, 3.63) is 0 Å². The molecule has 1 saturated carbocycles. The average molecular weight is 360 g/mol. The molecule has 1 heterocycles. The quantitative estimate of drug-likeness (QED) is 0.793. The summed E-state index contributed by atoms with van der Waals surface area (Å²) in [6.45, 7) is 2.72. The number of nitrogens with zero attached hydrogens (tertiary/aromatic N) is 2. The van der Waals surface area contributed by atoms with Crippen molar-refractivity contribution in [2.75, 3.05) is 25.9 Å². The van der Waals surface area contributed by atoms with E-state index < -0.39 is 21.9 Å². The third kappa shape index (κ3) is 4.27. The van der Waals surface area contributed by atoms with E-state index in [1.165, 1.54) is 4.31 Å². The van der Waals surface area contributed by atoms with Crippen LogP contribution in [-0.2, 0) is 19.6 Å². The molecule has 0 aromatic rings. The van der Waals surface area contributed by atoms with Gasteiger partial charge in [-0.1, -0.05) is 6.42 Å². The van der Waals surface area contributed by atoms with Gasteiger partial charge in [-0.3, -0.25) is 9.59 Å². The summed E-state index contributed by atoms with van der Waals surface area (Å²) in [4.78, 5) is 25.6. The molecular formula is C16H28N2O5S. The molecule has 1 aliphatic carbocycles. The predicted octanol–water partition coefficient (Wildman–Crippen LogP) is 1.15. The van der Waals surface area contributed by atoms with Crippen molar-refractivity contribution in [2.24, 2.45) is 11.8 Å². The van der Waals surface area contributed by atoms with Crippen LogP contribution in [0.4, 0.5) is 0 Å². The van der Waals surface area contributed by atoms with Crippen LogP contribution in [0.5, 0.6) is 0 Å². The summed E-state index contributed by atoms with van der Waals surface area (Å²) >= 11 is 0. The molecule has 2 rings (SSSR count). The molecule has 2 atom stereocenters. The third-order valence-corrected chi connectivity index (χ3v) is 7.37. The minimum absolute atomic E-state index is 0.0420. The van der Waals surface area contributed by atoms with E-state index in [1.54, 1.807) is 18.9 Å². The molecule has 24 heavy (non-hydrogen) atoms. The largest absolute Gasteiger partial charge is 0.481 e. The van der Waals surface area contributed by atoms with Gasteiger partial charge < -0.3 is 10.0 Å². The Morgan fingerprint density at radius 3 is 2.25 bits per heavy atom. The zero-order chi connectivity index (χ0) is 17.9. The van der Waals surface area contributed by atoms with Crippen LogP contribution in [0.25, 0.3) is 0 Å². The smallest absolute Gasteiger partial charge is 0.306 e. The van der Waals surface area contributed by atoms with E-state index >= 15 is 0 Å². The number of likely N-dealkylation sites (tertiary alicyclic amines) is 1. The van der Waals surface area contributed by atoms with Crippen LogP contribution in [0, 0.1) is 11.8 Å². The highest BCUT2D eigenvalue weighted by Crippen LogP contribution is 2.31. The molecule has 2 fully saturated rings. The zero-order valence-electron chi connectivity index (χ0n) is 14.5. The maximum absolute atomic E-state index is 12.7. The number of hydrogen-bond acceptors (Lipinski definition) is 4. The average Bonchev–Trinajstić information content (AvgIpc) is 2.60. The number of piperidine rings is 1. The maximum atomic E-state index is 12.7. The molecule has 1 aliphatic heterocycles. The van der Waals surface area contributed by atoms with Crippen molar-refractivity contribution in [3.8, 4) is 0 Å². The van der Waals surface area contributed by atoms with Gasteiger partial charge in [0.05, 0.1) is 11.7 Å². The lowest BCUT2D eigenvalue weighted by Crippen LogP contribution is -2.49. The summed E-state index contributed by atoms with van der Waals surface area (Å²) in [6, 6.07) is -0.0582. The number of sulfonamides is 1. The van der Waals surface area contributed by atoms with Crippen molar-refractivity contribution in [1.82, 2.24) is 9.21 Å². The Kier molecular flexibility index (Phi) is 6.25. The van der Waals surface area contributed by atoms with Crippen molar-refractivity contribution in [1.29, 1.82) is 0 Å². The van der Waals surface area contributed by atoms with Gasteiger partial charge in [0.2, 0.25) is 15.9 Å². The number of hydrogen-bond donors (Lipinski definition) is 1. The highest BCUT2D eigenvalue weighted by molar-refractivity contribution is 7.89. The van der Waals surface area contributed by atoms with E-state index in [-0.39, 0.29) is 23.6 Å². The van der Waals surface area contributed by atoms with Gasteiger partial charge in [0, 0.05) is 32.1 Å². The lowest BCUT2D eigenvalue weighted by Gasteiger charge is -2.38. The molecule has 0 bridgehead atoms. The third-order valence-electron chi connectivity index (χ3n) is 5.47. The van der Waals surface area contributed by atoms with E-state index in [0.717, 1.165) is 12.8 Å². The maximum Gasteiger partial charge on any atom is 0.306 e. The summed E-state index contributed by atoms with van der Waals surface area (Å²) in [6.07, 6.45) is 3.89. The fourth-order valence-electron chi connectivity index (χ4n) is 3.78. The van der Waals surface area contributed by atoms with Crippen LogP contribution in [0.2, 0.25) is 0 Å². The van der Waals surface area contributed by atoms with Crippen LogP contribution >= 0.6 is 0 Å². The van der Waals surface area contributed by atoms with Crippen molar-refractivity contribution >= 4 is 21.9 Å². The highest BCUT2D eigenvalue weighted by atomic mass is 32.2. The Morgan fingerprint density at radius 1 is 1.12 bits per heavy atom. The second kappa shape index (κ2) is 7.82. The Hall–Kier alpha value is -1.15. The zero-order valence-corrected chi connectivity index (χ0v) is 15.3. The number of carbonyl (C=O) groups excluding carboxylic acids is 1. The van der Waals surface area contributed by atoms with Gasteiger partial charge in [0.1, 0.15) is 0 Å². The molecule has 2 unspecified atom stereocenters. The molecule has 0 aromatic carbocycles. The first kappa shape index (κ1) is 19.2. The van der Waals surface area contributed by atoms with Crippen LogP contribution in [0.15, 0.2) is 0 Å². The van der Waals surface area contributed by atoms with Gasteiger partial charge in [-0.2, -0.15) is 0 Å². The molecule has 7 nitrogen and oxygen atoms in total. The minimum Gasteiger partial charge on any atom is -0.481 e. The molecule has 2 aliphatic rings. The lowest BCUT2D eigenvalue weighted by molar-refractivity contribution is -0.145. The molecule has 138 valence electrons. The standard InChI is InChI=1S/C16H28N2O5S/c1-3-24(22,23)17(2)14-7-9-18(10-8-14)15(19)12-5-4-6-13(11-12)16(20)21/h12-14H,3-11H2,1-2H3,(H,20,21). The Morgan fingerprint density at radius 2 is 1.71 bits per heavy atom. The van der Waals surface area contributed by atoms with Crippen molar-refractivity contribution in [2.45, 2.75) is 51.5 Å². The summed E-state index contributed by atoms with van der Waals surface area (Å²) in [5.41, 5.74) is 0. The molecule has 0 radical (unpaired) electrons. The molecule has 8 heteroatoms. The van der Waals surface area contributed by atoms with Crippen molar-refractivity contribution < 1.29 is 23.1 Å². The SMILES string of the molecule is CCS(=O)(=O)N(C)C1CCN(C(=O)C2CCCC(C(=O)O)C2)CC1. The summed E-state index contributed by atoms with van der Waals surface area (Å²) < 4.78 is 25.3. The highest BCUT2D eigenvalue weighted by Gasteiger charge is 2.36. The Balaban J connectivity index is 1.90. The van der Waals surface area contributed by atoms with Gasteiger partial charge in [0.15, 0.2) is 0 Å². The number of carboxylic acids is 1. The number of rotatable bonds is 5. The number of amides is 1. The topological polar surface area (TPSA) is 95.0 Å². The monoisotopic (exact) mass is 360 g/mol. The fourth-order valence-corrected chi connectivity index (χ4v) is 4.85. The van der Waals surface area contributed by atoms with Crippen LogP contribution < -0.4 is 0 Å². The second-order valence-corrected chi connectivity index (χ2v) is 9.19. The van der Waals surface area contributed by atoms with Crippen molar-refractivity contribution in [3.63, 3.8) is 0 Å². The Bertz CT molecular complexity index is 569.